The number of aromatic nitrogens is 1. The highest BCUT2D eigenvalue weighted by molar-refractivity contribution is 7.09. The Morgan fingerprint density at radius 3 is 2.81 bits per heavy atom. The Labute approximate surface area is 190 Å². The fourth-order valence-corrected chi connectivity index (χ4v) is 5.42. The first-order valence-corrected chi connectivity index (χ1v) is 11.9. The molecule has 0 aliphatic carbocycles. The molecule has 1 aromatic carbocycles. The standard InChI is InChI=1S/C22H26ClN3O4S/c1-14-25-18(12-31-14)21(27)24-10-16-2-3-22(30-16)4-6-26(7-5-22)11-15-8-19-20(9-17(15)23)29-13-28-19/h8-9,12,16H,2-7,10-11,13H2,1H3,(H,24,27)/t16-/m1/s1. The zero-order valence-electron chi connectivity index (χ0n) is 17.5. The van der Waals surface area contributed by atoms with Crippen LogP contribution >= 0.6 is 22.9 Å². The van der Waals surface area contributed by atoms with Gasteiger partial charge in [0.15, 0.2) is 11.5 Å². The van der Waals surface area contributed by atoms with Crippen LogP contribution in [0.3, 0.4) is 0 Å². The van der Waals surface area contributed by atoms with Gasteiger partial charge in [-0.15, -0.1) is 11.3 Å². The number of rotatable bonds is 5. The number of fused-ring (bicyclic) bond motifs is 1. The molecule has 0 saturated carbocycles. The van der Waals surface area contributed by atoms with Crippen molar-refractivity contribution < 1.29 is 19.0 Å². The number of thiazole rings is 1. The second-order valence-electron chi connectivity index (χ2n) is 8.50. The molecule has 31 heavy (non-hydrogen) atoms. The van der Waals surface area contributed by atoms with Gasteiger partial charge in [-0.25, -0.2) is 4.98 Å². The van der Waals surface area contributed by atoms with E-state index in [1.807, 2.05) is 19.1 Å². The molecule has 2 saturated heterocycles. The summed E-state index contributed by atoms with van der Waals surface area (Å²) in [6.45, 7) is 5.40. The Morgan fingerprint density at radius 2 is 2.06 bits per heavy atom. The van der Waals surface area contributed by atoms with E-state index in [4.69, 9.17) is 25.8 Å². The minimum atomic E-state index is -0.121. The van der Waals surface area contributed by atoms with Crippen molar-refractivity contribution in [3.63, 3.8) is 0 Å². The monoisotopic (exact) mass is 463 g/mol. The van der Waals surface area contributed by atoms with Gasteiger partial charge in [-0.3, -0.25) is 9.69 Å². The summed E-state index contributed by atoms with van der Waals surface area (Å²) in [6.07, 6.45) is 4.07. The number of nitrogens with one attached hydrogen (secondary N) is 1. The number of benzene rings is 1. The van der Waals surface area contributed by atoms with Crippen LogP contribution in [0.4, 0.5) is 0 Å². The Hall–Kier alpha value is -1.87. The van der Waals surface area contributed by atoms with E-state index >= 15 is 0 Å². The molecule has 2 fully saturated rings. The molecular weight excluding hydrogens is 438 g/mol. The first-order valence-electron chi connectivity index (χ1n) is 10.7. The first kappa shape index (κ1) is 21.0. The van der Waals surface area contributed by atoms with Crippen LogP contribution in [0.15, 0.2) is 17.5 Å². The minimum Gasteiger partial charge on any atom is -0.454 e. The maximum absolute atomic E-state index is 12.2. The van der Waals surface area contributed by atoms with Crippen LogP contribution in [0, 0.1) is 6.92 Å². The van der Waals surface area contributed by atoms with Gasteiger partial charge in [0, 0.05) is 42.6 Å². The molecule has 3 aliphatic rings. The molecule has 7 nitrogen and oxygen atoms in total. The van der Waals surface area contributed by atoms with Crippen molar-refractivity contribution in [2.24, 2.45) is 0 Å². The van der Waals surface area contributed by atoms with E-state index < -0.39 is 0 Å². The van der Waals surface area contributed by atoms with Crippen LogP contribution in [0.1, 0.15) is 46.7 Å². The highest BCUT2D eigenvalue weighted by Crippen LogP contribution is 2.40. The molecule has 1 N–H and O–H groups in total. The van der Waals surface area contributed by atoms with Gasteiger partial charge in [0.1, 0.15) is 5.69 Å². The molecule has 166 valence electrons. The second-order valence-corrected chi connectivity index (χ2v) is 9.97. The average molecular weight is 464 g/mol. The third-order valence-electron chi connectivity index (χ3n) is 6.38. The summed E-state index contributed by atoms with van der Waals surface area (Å²) >= 11 is 7.93. The summed E-state index contributed by atoms with van der Waals surface area (Å²) in [6, 6.07) is 3.83. The molecule has 0 bridgehead atoms. The van der Waals surface area contributed by atoms with Crippen LogP contribution in [0.5, 0.6) is 11.5 Å². The fraction of sp³-hybridized carbons (Fsp3) is 0.545. The zero-order chi connectivity index (χ0) is 21.4. The summed E-state index contributed by atoms with van der Waals surface area (Å²) in [4.78, 5) is 18.9. The number of carbonyl (C=O) groups is 1. The van der Waals surface area contributed by atoms with Gasteiger partial charge in [-0.1, -0.05) is 11.6 Å². The molecular formula is C22H26ClN3O4S. The maximum Gasteiger partial charge on any atom is 0.270 e. The zero-order valence-corrected chi connectivity index (χ0v) is 19.1. The van der Waals surface area contributed by atoms with Crippen molar-refractivity contribution in [3.05, 3.63) is 38.8 Å². The Balaban J connectivity index is 1.11. The van der Waals surface area contributed by atoms with Gasteiger partial charge in [0.05, 0.1) is 16.7 Å². The van der Waals surface area contributed by atoms with Crippen molar-refractivity contribution in [2.45, 2.75) is 50.9 Å². The van der Waals surface area contributed by atoms with E-state index in [1.165, 1.54) is 11.3 Å². The van der Waals surface area contributed by atoms with Crippen LogP contribution < -0.4 is 14.8 Å². The molecule has 5 rings (SSSR count). The largest absolute Gasteiger partial charge is 0.454 e. The lowest BCUT2D eigenvalue weighted by Gasteiger charge is -2.39. The van der Waals surface area contributed by atoms with Crippen LogP contribution in [0.2, 0.25) is 5.02 Å². The summed E-state index contributed by atoms with van der Waals surface area (Å²) in [5.74, 6) is 1.36. The number of hydrogen-bond acceptors (Lipinski definition) is 7. The highest BCUT2D eigenvalue weighted by atomic mass is 35.5. The number of piperidine rings is 1. The molecule has 3 aliphatic heterocycles. The molecule has 1 atom stereocenters. The summed E-state index contributed by atoms with van der Waals surface area (Å²) in [5.41, 5.74) is 1.49. The van der Waals surface area contributed by atoms with Crippen molar-refractivity contribution in [3.8, 4) is 11.5 Å². The molecule has 1 spiro atoms. The van der Waals surface area contributed by atoms with Gasteiger partial charge in [-0.2, -0.15) is 0 Å². The number of halogens is 1. The Morgan fingerprint density at radius 1 is 1.29 bits per heavy atom. The average Bonchev–Trinajstić information content (AvgIpc) is 3.49. The molecule has 0 radical (unpaired) electrons. The summed E-state index contributed by atoms with van der Waals surface area (Å²) in [5, 5.41) is 6.39. The van der Waals surface area contributed by atoms with Gasteiger partial charge in [0.2, 0.25) is 6.79 Å². The molecule has 2 aromatic rings. The fourth-order valence-electron chi connectivity index (χ4n) is 4.61. The lowest BCUT2D eigenvalue weighted by atomic mass is 9.88. The maximum atomic E-state index is 12.2. The predicted molar refractivity (Wildman–Crippen MR) is 118 cm³/mol. The Kier molecular flexibility index (Phi) is 5.81. The number of amides is 1. The molecule has 0 unspecified atom stereocenters. The highest BCUT2D eigenvalue weighted by Gasteiger charge is 2.42. The minimum absolute atomic E-state index is 0.0677. The number of hydrogen-bond donors (Lipinski definition) is 1. The Bertz CT molecular complexity index is 974. The predicted octanol–water partition coefficient (Wildman–Crippen LogP) is 3.78. The first-order chi connectivity index (χ1) is 15.0. The lowest BCUT2D eigenvalue weighted by molar-refractivity contribution is -0.0764. The van der Waals surface area contributed by atoms with Gasteiger partial charge < -0.3 is 19.5 Å². The quantitative estimate of drug-likeness (QED) is 0.727. The van der Waals surface area contributed by atoms with Gasteiger partial charge >= 0.3 is 0 Å². The smallest absolute Gasteiger partial charge is 0.270 e. The molecule has 4 heterocycles. The molecule has 9 heteroatoms. The van der Waals surface area contributed by atoms with Crippen LogP contribution in [-0.2, 0) is 11.3 Å². The topological polar surface area (TPSA) is 72.9 Å². The van der Waals surface area contributed by atoms with Gasteiger partial charge in [0.25, 0.3) is 5.91 Å². The van der Waals surface area contributed by atoms with Crippen LogP contribution in [0.25, 0.3) is 0 Å². The normalized spacial score (nSPS) is 22.2. The van der Waals surface area contributed by atoms with Crippen molar-refractivity contribution in [2.75, 3.05) is 26.4 Å². The van der Waals surface area contributed by atoms with Gasteiger partial charge in [-0.05, 0) is 44.2 Å². The number of aryl methyl sites for hydroxylation is 1. The number of ether oxygens (including phenoxy) is 3. The van der Waals surface area contributed by atoms with Crippen molar-refractivity contribution >= 4 is 28.8 Å². The van der Waals surface area contributed by atoms with E-state index in [9.17, 15) is 4.79 Å². The van der Waals surface area contributed by atoms with E-state index in [-0.39, 0.29) is 24.4 Å². The number of carbonyl (C=O) groups excluding carboxylic acids is 1. The van der Waals surface area contributed by atoms with E-state index in [0.29, 0.717) is 23.0 Å². The third-order valence-corrected chi connectivity index (χ3v) is 7.51. The molecule has 1 aromatic heterocycles. The van der Waals surface area contributed by atoms with Crippen LogP contribution in [-0.4, -0.2) is 53.9 Å². The van der Waals surface area contributed by atoms with E-state index in [0.717, 1.165) is 61.6 Å². The lowest BCUT2D eigenvalue weighted by Crippen LogP contribution is -2.44. The van der Waals surface area contributed by atoms with Crippen molar-refractivity contribution in [1.29, 1.82) is 0 Å². The third kappa shape index (κ3) is 4.53. The van der Waals surface area contributed by atoms with E-state index in [1.54, 1.807) is 5.38 Å². The SMILES string of the molecule is Cc1nc(C(=O)NC[C@H]2CCC3(CCN(Cc4cc5c(cc4Cl)OCO5)CC3)O2)cs1. The second kappa shape index (κ2) is 8.58. The molecule has 1 amide bonds. The number of nitrogens with zero attached hydrogens (tertiary/aromatic N) is 2. The van der Waals surface area contributed by atoms with E-state index in [2.05, 4.69) is 15.2 Å². The van der Waals surface area contributed by atoms with Crippen molar-refractivity contribution in [1.82, 2.24) is 15.2 Å². The summed E-state index contributed by atoms with van der Waals surface area (Å²) < 4.78 is 17.3. The number of likely N-dealkylation sites (tertiary alicyclic amines) is 1. The summed E-state index contributed by atoms with van der Waals surface area (Å²) in [7, 11) is 0.